The number of ether oxygens (including phenoxy) is 1. The van der Waals surface area contributed by atoms with Crippen LogP contribution in [0.2, 0.25) is 0 Å². The molecule has 94 valence electrons. The van der Waals surface area contributed by atoms with E-state index in [1.807, 2.05) is 12.1 Å². The summed E-state index contributed by atoms with van der Waals surface area (Å²) < 4.78 is 5.58. The molecule has 17 heavy (non-hydrogen) atoms. The molecule has 0 amide bonds. The number of nitrogen functional groups attached to an aromatic ring is 1. The van der Waals surface area contributed by atoms with E-state index >= 15 is 0 Å². The average Bonchev–Trinajstić information content (AvgIpc) is 2.74. The number of nitrogens with zero attached hydrogens (tertiary/aromatic N) is 2. The van der Waals surface area contributed by atoms with Crippen molar-refractivity contribution in [1.82, 2.24) is 9.88 Å². The molecular formula is C13H21N3O. The van der Waals surface area contributed by atoms with Crippen LogP contribution in [0.15, 0.2) is 18.3 Å². The predicted octanol–water partition coefficient (Wildman–Crippen LogP) is 1.32. The van der Waals surface area contributed by atoms with Gasteiger partial charge in [0.1, 0.15) is 0 Å². The Hall–Kier alpha value is -1.13. The highest BCUT2D eigenvalue weighted by Gasteiger charge is 2.27. The average molecular weight is 235 g/mol. The first kappa shape index (κ1) is 12.3. The number of nitrogens with two attached hydrogens (primary N) is 1. The van der Waals surface area contributed by atoms with Crippen molar-refractivity contribution in [3.05, 3.63) is 24.0 Å². The van der Waals surface area contributed by atoms with Gasteiger partial charge in [0.25, 0.3) is 0 Å². The number of aromatic nitrogens is 1. The third-order valence-electron chi connectivity index (χ3n) is 3.47. The quantitative estimate of drug-likeness (QED) is 0.855. The van der Waals surface area contributed by atoms with Crippen LogP contribution in [0.25, 0.3) is 0 Å². The van der Waals surface area contributed by atoms with Gasteiger partial charge in [0.05, 0.1) is 18.0 Å². The maximum atomic E-state index is 5.61. The minimum absolute atomic E-state index is 0.347. The van der Waals surface area contributed by atoms with Crippen LogP contribution in [-0.4, -0.2) is 42.2 Å². The minimum Gasteiger partial charge on any atom is -0.397 e. The van der Waals surface area contributed by atoms with Crippen LogP contribution in [0.3, 0.4) is 0 Å². The summed E-state index contributed by atoms with van der Waals surface area (Å²) in [5.74, 6) is 0. The van der Waals surface area contributed by atoms with E-state index in [0.717, 1.165) is 37.4 Å². The number of pyridine rings is 1. The highest BCUT2D eigenvalue weighted by atomic mass is 16.5. The fourth-order valence-corrected chi connectivity index (χ4v) is 2.34. The topological polar surface area (TPSA) is 51.4 Å². The lowest BCUT2D eigenvalue weighted by Crippen LogP contribution is -2.38. The Kier molecular flexibility index (Phi) is 3.97. The Labute approximate surface area is 103 Å². The zero-order valence-corrected chi connectivity index (χ0v) is 10.6. The molecule has 0 radical (unpaired) electrons. The van der Waals surface area contributed by atoms with E-state index in [0.29, 0.717) is 12.1 Å². The Balaban J connectivity index is 1.83. The molecular weight excluding hydrogens is 214 g/mol. The monoisotopic (exact) mass is 235 g/mol. The third-order valence-corrected chi connectivity index (χ3v) is 3.47. The lowest BCUT2D eigenvalue weighted by molar-refractivity contribution is 0.0840. The molecule has 1 fully saturated rings. The molecule has 1 aromatic rings. The second kappa shape index (κ2) is 5.47. The van der Waals surface area contributed by atoms with Crippen LogP contribution in [0, 0.1) is 0 Å². The van der Waals surface area contributed by atoms with Crippen LogP contribution in [-0.2, 0) is 11.2 Å². The van der Waals surface area contributed by atoms with Crippen molar-refractivity contribution in [2.75, 3.05) is 25.9 Å². The zero-order valence-electron chi connectivity index (χ0n) is 10.6. The van der Waals surface area contributed by atoms with Gasteiger partial charge < -0.3 is 15.4 Å². The predicted molar refractivity (Wildman–Crippen MR) is 68.8 cm³/mol. The van der Waals surface area contributed by atoms with Crippen LogP contribution >= 0.6 is 0 Å². The van der Waals surface area contributed by atoms with Crippen molar-refractivity contribution < 1.29 is 4.74 Å². The van der Waals surface area contributed by atoms with E-state index in [-0.39, 0.29) is 0 Å². The van der Waals surface area contributed by atoms with Gasteiger partial charge in [-0.1, -0.05) is 0 Å². The molecule has 4 heteroatoms. The Morgan fingerprint density at radius 3 is 2.94 bits per heavy atom. The maximum absolute atomic E-state index is 5.61. The second-order valence-corrected chi connectivity index (χ2v) is 4.75. The van der Waals surface area contributed by atoms with Crippen LogP contribution < -0.4 is 5.73 Å². The fourth-order valence-electron chi connectivity index (χ4n) is 2.34. The molecule has 2 N–H and O–H groups in total. The van der Waals surface area contributed by atoms with Gasteiger partial charge in [-0.15, -0.1) is 0 Å². The summed E-state index contributed by atoms with van der Waals surface area (Å²) in [5, 5.41) is 0. The van der Waals surface area contributed by atoms with Crippen molar-refractivity contribution >= 4 is 5.69 Å². The van der Waals surface area contributed by atoms with Gasteiger partial charge in [0, 0.05) is 31.3 Å². The van der Waals surface area contributed by atoms with Gasteiger partial charge in [0.15, 0.2) is 0 Å². The number of anilines is 1. The van der Waals surface area contributed by atoms with Gasteiger partial charge in [-0.2, -0.15) is 0 Å². The molecule has 1 aromatic heterocycles. The van der Waals surface area contributed by atoms with Crippen molar-refractivity contribution in [1.29, 1.82) is 0 Å². The summed E-state index contributed by atoms with van der Waals surface area (Å²) in [4.78, 5) is 6.68. The normalized spacial score (nSPS) is 24.4. The fraction of sp³-hybridized carbons (Fsp3) is 0.615. The van der Waals surface area contributed by atoms with Crippen LogP contribution in [0.4, 0.5) is 5.69 Å². The van der Waals surface area contributed by atoms with E-state index < -0.39 is 0 Å². The first-order valence-electron chi connectivity index (χ1n) is 6.19. The van der Waals surface area contributed by atoms with Gasteiger partial charge in [-0.25, -0.2) is 0 Å². The Bertz CT molecular complexity index is 352. The van der Waals surface area contributed by atoms with Crippen molar-refractivity contribution in [3.63, 3.8) is 0 Å². The lowest BCUT2D eigenvalue weighted by atomic mass is 10.1. The molecule has 0 bridgehead atoms. The van der Waals surface area contributed by atoms with Crippen LogP contribution in [0.5, 0.6) is 0 Å². The molecule has 0 aliphatic carbocycles. The first-order valence-corrected chi connectivity index (χ1v) is 6.19. The standard InChI is InChI=1S/C13H21N3O/c1-10-13(6-8-17-10)16(2)7-5-12-4-3-11(14)9-15-12/h3-4,9-10,13H,5-8,14H2,1-2H3. The van der Waals surface area contributed by atoms with Crippen molar-refractivity contribution in [2.45, 2.75) is 31.9 Å². The summed E-state index contributed by atoms with van der Waals surface area (Å²) >= 11 is 0. The smallest absolute Gasteiger partial charge is 0.0702 e. The molecule has 4 nitrogen and oxygen atoms in total. The maximum Gasteiger partial charge on any atom is 0.0702 e. The zero-order chi connectivity index (χ0) is 12.3. The highest BCUT2D eigenvalue weighted by Crippen LogP contribution is 2.18. The van der Waals surface area contributed by atoms with E-state index in [4.69, 9.17) is 10.5 Å². The molecule has 2 heterocycles. The number of hydrogen-bond donors (Lipinski definition) is 1. The van der Waals surface area contributed by atoms with E-state index in [9.17, 15) is 0 Å². The number of likely N-dealkylation sites (N-methyl/N-ethyl adjacent to an activating group) is 1. The lowest BCUT2D eigenvalue weighted by Gasteiger charge is -2.26. The minimum atomic E-state index is 0.347. The second-order valence-electron chi connectivity index (χ2n) is 4.75. The number of hydrogen-bond acceptors (Lipinski definition) is 4. The summed E-state index contributed by atoms with van der Waals surface area (Å²) in [6, 6.07) is 4.45. The molecule has 0 aromatic carbocycles. The SMILES string of the molecule is CC1OCCC1N(C)CCc1ccc(N)cn1. The highest BCUT2D eigenvalue weighted by molar-refractivity contribution is 5.34. The molecule has 1 saturated heterocycles. The molecule has 1 aliphatic heterocycles. The van der Waals surface area contributed by atoms with E-state index in [2.05, 4.69) is 23.9 Å². The molecule has 2 unspecified atom stereocenters. The van der Waals surface area contributed by atoms with Crippen LogP contribution in [0.1, 0.15) is 19.0 Å². The van der Waals surface area contributed by atoms with E-state index in [1.165, 1.54) is 0 Å². The van der Waals surface area contributed by atoms with Gasteiger partial charge in [0.2, 0.25) is 0 Å². The largest absolute Gasteiger partial charge is 0.397 e. The molecule has 0 saturated carbocycles. The molecule has 2 rings (SSSR count). The van der Waals surface area contributed by atoms with Gasteiger partial charge in [-0.3, -0.25) is 4.98 Å². The third kappa shape index (κ3) is 3.17. The van der Waals surface area contributed by atoms with Crippen molar-refractivity contribution in [3.8, 4) is 0 Å². The van der Waals surface area contributed by atoms with Gasteiger partial charge in [-0.05, 0) is 32.5 Å². The van der Waals surface area contributed by atoms with Crippen molar-refractivity contribution in [2.24, 2.45) is 0 Å². The Morgan fingerprint density at radius 2 is 2.35 bits per heavy atom. The summed E-state index contributed by atoms with van der Waals surface area (Å²) in [6.07, 6.45) is 4.16. The van der Waals surface area contributed by atoms with E-state index in [1.54, 1.807) is 6.20 Å². The first-order chi connectivity index (χ1) is 8.16. The summed E-state index contributed by atoms with van der Waals surface area (Å²) in [5.41, 5.74) is 7.43. The Morgan fingerprint density at radius 1 is 1.53 bits per heavy atom. The van der Waals surface area contributed by atoms with Gasteiger partial charge >= 0.3 is 0 Å². The molecule has 1 aliphatic rings. The summed E-state index contributed by atoms with van der Waals surface area (Å²) in [6.45, 7) is 4.04. The molecule has 0 spiro atoms. The number of rotatable bonds is 4. The summed E-state index contributed by atoms with van der Waals surface area (Å²) in [7, 11) is 2.16. The molecule has 2 atom stereocenters.